The van der Waals surface area contributed by atoms with Gasteiger partial charge in [-0.1, -0.05) is 25.7 Å². The second-order valence-electron chi connectivity index (χ2n) is 12.3. The number of fused-ring (bicyclic) bond motifs is 1. The van der Waals surface area contributed by atoms with Crippen molar-refractivity contribution >= 4 is 34.9 Å². The fourth-order valence-electron chi connectivity index (χ4n) is 6.02. The third kappa shape index (κ3) is 6.04. The molecule has 3 aliphatic rings. The van der Waals surface area contributed by atoms with E-state index in [9.17, 15) is 19.5 Å². The van der Waals surface area contributed by atoms with E-state index in [2.05, 4.69) is 18.8 Å². The number of carbonyl (C=O) groups is 3. The average Bonchev–Trinajstić information content (AvgIpc) is 3.26. The van der Waals surface area contributed by atoms with Gasteiger partial charge in [0.25, 0.3) is 0 Å². The van der Waals surface area contributed by atoms with Crippen LogP contribution in [0.2, 0.25) is 0 Å². The molecule has 3 fully saturated rings. The number of aromatic carboxylic acids is 1. The van der Waals surface area contributed by atoms with E-state index >= 15 is 0 Å². The standard InChI is InChI=1S/C29H40N2O5S/c1-16-6-8-18(9-7-16)26(32)31(19-10-11-23-21(14-19)17(2)24(30)28(35)36-23)22-15-20(12-13-29(3,4)5)37-25(22)27(33)34/h15-19,21,23-24H,6-11,14,30H2,1-5H3,(H,33,34)/t16-,17?,18-,19-,21?,23-,24-/m0/s1. The summed E-state index contributed by atoms with van der Waals surface area (Å²) < 4.78 is 5.65. The smallest absolute Gasteiger partial charge is 0.348 e. The SMILES string of the molecule is CC1C2C[C@@H](N(c3cc(C#CC(C)(C)C)sc3C(=O)O)C(=O)[C@H]3CC[C@H](C)CC3)CC[C@@H]2OC(=O)[C@H]1N. The van der Waals surface area contributed by atoms with E-state index in [4.69, 9.17) is 10.5 Å². The Bertz CT molecular complexity index is 1100. The van der Waals surface area contributed by atoms with Gasteiger partial charge in [-0.15, -0.1) is 11.3 Å². The van der Waals surface area contributed by atoms with E-state index in [1.165, 1.54) is 0 Å². The highest BCUT2D eigenvalue weighted by Gasteiger charge is 2.47. The van der Waals surface area contributed by atoms with Crippen molar-refractivity contribution in [3.05, 3.63) is 15.8 Å². The lowest BCUT2D eigenvalue weighted by Crippen LogP contribution is -2.57. The normalized spacial score (nSPS) is 31.9. The number of hydrogen-bond acceptors (Lipinski definition) is 6. The predicted molar refractivity (Wildman–Crippen MR) is 144 cm³/mol. The fourth-order valence-corrected chi connectivity index (χ4v) is 6.86. The van der Waals surface area contributed by atoms with Crippen molar-refractivity contribution in [1.82, 2.24) is 0 Å². The number of nitrogens with two attached hydrogens (primary N) is 1. The fraction of sp³-hybridized carbons (Fsp3) is 0.690. The number of thiophene rings is 1. The van der Waals surface area contributed by atoms with E-state index in [0.29, 0.717) is 35.7 Å². The highest BCUT2D eigenvalue weighted by Crippen LogP contribution is 2.43. The molecule has 3 N–H and O–H groups in total. The molecule has 1 saturated heterocycles. The maximum atomic E-state index is 14.2. The first-order valence-corrected chi connectivity index (χ1v) is 14.4. The number of anilines is 1. The van der Waals surface area contributed by atoms with Crippen LogP contribution >= 0.6 is 11.3 Å². The molecule has 2 heterocycles. The van der Waals surface area contributed by atoms with Crippen LogP contribution in [0.4, 0.5) is 5.69 Å². The second kappa shape index (κ2) is 10.8. The van der Waals surface area contributed by atoms with Crippen molar-refractivity contribution < 1.29 is 24.2 Å². The van der Waals surface area contributed by atoms with Crippen LogP contribution in [0.1, 0.15) is 94.1 Å². The largest absolute Gasteiger partial charge is 0.477 e. The summed E-state index contributed by atoms with van der Waals surface area (Å²) in [5, 5.41) is 10.1. The van der Waals surface area contributed by atoms with Crippen LogP contribution in [0.25, 0.3) is 0 Å². The Hall–Kier alpha value is -2.37. The molecule has 4 rings (SSSR count). The molecule has 7 nitrogen and oxygen atoms in total. The topological polar surface area (TPSA) is 110 Å². The molecule has 0 radical (unpaired) electrons. The molecule has 0 bridgehead atoms. The number of amides is 1. The van der Waals surface area contributed by atoms with Crippen LogP contribution in [-0.4, -0.2) is 41.1 Å². The molecule has 1 aromatic rings. The van der Waals surface area contributed by atoms with Gasteiger partial charge in [-0.25, -0.2) is 4.79 Å². The summed E-state index contributed by atoms with van der Waals surface area (Å²) in [5.41, 5.74) is 6.36. The van der Waals surface area contributed by atoms with Gasteiger partial charge in [0.2, 0.25) is 5.91 Å². The van der Waals surface area contributed by atoms with E-state index < -0.39 is 12.0 Å². The number of esters is 1. The number of carbonyl (C=O) groups excluding carboxylic acids is 2. The highest BCUT2D eigenvalue weighted by molar-refractivity contribution is 7.15. The molecule has 0 aromatic carbocycles. The molecule has 37 heavy (non-hydrogen) atoms. The molecular formula is C29H40N2O5S. The summed E-state index contributed by atoms with van der Waals surface area (Å²) >= 11 is 1.13. The number of ether oxygens (including phenoxy) is 1. The van der Waals surface area contributed by atoms with Crippen molar-refractivity contribution in [3.8, 4) is 11.8 Å². The molecule has 0 spiro atoms. The summed E-state index contributed by atoms with van der Waals surface area (Å²) in [7, 11) is 0. The molecule has 5 atom stereocenters. The second-order valence-corrected chi connectivity index (χ2v) is 13.3. The van der Waals surface area contributed by atoms with Crippen LogP contribution in [0.15, 0.2) is 6.07 Å². The summed E-state index contributed by atoms with van der Waals surface area (Å²) in [6.07, 6.45) is 5.32. The van der Waals surface area contributed by atoms with Gasteiger partial charge in [0.1, 0.15) is 17.0 Å². The van der Waals surface area contributed by atoms with Crippen LogP contribution in [0, 0.1) is 40.9 Å². The Morgan fingerprint density at radius 1 is 1.14 bits per heavy atom. The maximum Gasteiger partial charge on any atom is 0.348 e. The predicted octanol–water partition coefficient (Wildman–Crippen LogP) is 5.06. The van der Waals surface area contributed by atoms with E-state index in [0.717, 1.165) is 37.0 Å². The first-order valence-electron chi connectivity index (χ1n) is 13.5. The maximum absolute atomic E-state index is 14.2. The van der Waals surface area contributed by atoms with Crippen LogP contribution in [0.3, 0.4) is 0 Å². The van der Waals surface area contributed by atoms with Gasteiger partial charge < -0.3 is 20.5 Å². The van der Waals surface area contributed by atoms with Gasteiger partial charge >= 0.3 is 11.9 Å². The Morgan fingerprint density at radius 3 is 2.43 bits per heavy atom. The molecule has 1 aromatic heterocycles. The highest BCUT2D eigenvalue weighted by atomic mass is 32.1. The van der Waals surface area contributed by atoms with Crippen molar-refractivity contribution in [2.45, 2.75) is 97.8 Å². The summed E-state index contributed by atoms with van der Waals surface area (Å²) in [4.78, 5) is 41.3. The van der Waals surface area contributed by atoms with Gasteiger partial charge in [0.15, 0.2) is 0 Å². The van der Waals surface area contributed by atoms with E-state index in [-0.39, 0.29) is 52.1 Å². The molecule has 2 unspecified atom stereocenters. The Balaban J connectivity index is 1.72. The van der Waals surface area contributed by atoms with Gasteiger partial charge in [0, 0.05) is 23.3 Å². The number of rotatable bonds is 4. The van der Waals surface area contributed by atoms with Crippen molar-refractivity contribution in [3.63, 3.8) is 0 Å². The Morgan fingerprint density at radius 2 is 1.81 bits per heavy atom. The lowest BCUT2D eigenvalue weighted by Gasteiger charge is -2.47. The summed E-state index contributed by atoms with van der Waals surface area (Å²) in [6, 6.07) is 0.924. The monoisotopic (exact) mass is 528 g/mol. The number of carboxylic acids is 1. The lowest BCUT2D eigenvalue weighted by atomic mass is 9.71. The molecular weight excluding hydrogens is 488 g/mol. The third-order valence-corrected chi connectivity index (χ3v) is 9.31. The lowest BCUT2D eigenvalue weighted by molar-refractivity contribution is -0.169. The zero-order chi connectivity index (χ0) is 27.1. The van der Waals surface area contributed by atoms with Gasteiger partial charge in [0.05, 0.1) is 10.6 Å². The van der Waals surface area contributed by atoms with Crippen LogP contribution < -0.4 is 10.6 Å². The summed E-state index contributed by atoms with van der Waals surface area (Å²) in [5.74, 6) is 5.36. The average molecular weight is 529 g/mol. The first-order chi connectivity index (χ1) is 17.4. The minimum atomic E-state index is -1.05. The van der Waals surface area contributed by atoms with E-state index in [1.54, 1.807) is 11.0 Å². The van der Waals surface area contributed by atoms with Crippen molar-refractivity contribution in [2.24, 2.45) is 34.8 Å². The molecule has 2 saturated carbocycles. The van der Waals surface area contributed by atoms with Gasteiger partial charge in [-0.2, -0.15) is 0 Å². The zero-order valence-electron chi connectivity index (χ0n) is 22.6. The van der Waals surface area contributed by atoms with Gasteiger partial charge in [-0.3, -0.25) is 9.59 Å². The summed E-state index contributed by atoms with van der Waals surface area (Å²) in [6.45, 7) is 10.2. The molecule has 1 aliphatic heterocycles. The molecule has 2 aliphatic carbocycles. The molecule has 202 valence electrons. The molecule has 1 amide bonds. The Kier molecular flexibility index (Phi) is 8.06. The molecule has 8 heteroatoms. The quantitative estimate of drug-likeness (QED) is 0.418. The number of nitrogens with zero attached hydrogens (tertiary/aromatic N) is 1. The third-order valence-electron chi connectivity index (χ3n) is 8.28. The van der Waals surface area contributed by atoms with E-state index in [1.807, 2.05) is 27.7 Å². The van der Waals surface area contributed by atoms with Crippen LogP contribution in [0.5, 0.6) is 0 Å². The first kappa shape index (κ1) is 27.7. The van der Waals surface area contributed by atoms with Crippen molar-refractivity contribution in [2.75, 3.05) is 4.90 Å². The Labute approximate surface area is 224 Å². The zero-order valence-corrected chi connectivity index (χ0v) is 23.4. The van der Waals surface area contributed by atoms with Crippen LogP contribution in [-0.2, 0) is 14.3 Å². The van der Waals surface area contributed by atoms with Crippen molar-refractivity contribution in [1.29, 1.82) is 0 Å². The number of carboxylic acid groups (broad SMARTS) is 1. The number of hydrogen-bond donors (Lipinski definition) is 2. The minimum Gasteiger partial charge on any atom is -0.477 e. The minimum absolute atomic E-state index is 0.00994. The van der Waals surface area contributed by atoms with Gasteiger partial charge in [-0.05, 0) is 83.6 Å².